The predicted octanol–water partition coefficient (Wildman–Crippen LogP) is -0.867. The van der Waals surface area contributed by atoms with Crippen LogP contribution in [0.5, 0.6) is 5.75 Å². The average molecular weight is 494 g/mol. The number of aliphatic carboxylic acids is 1. The standard InChI is InChI=1S/C23H35N5O7/c1-4-12(2)19(28-20(31)13(3)24)22(33)27-17(11-14-5-7-15(29)8-6-14)21(32)26-16(23(34)35)9-10-18(25)30/h5-8,12-13,16-17,19,29H,4,9-11,24H2,1-3H3,(H2,25,30)(H,26,32)(H,27,33)(H,28,31)(H,34,35). The Bertz CT molecular complexity index is 904. The molecule has 0 aliphatic carbocycles. The fourth-order valence-electron chi connectivity index (χ4n) is 3.14. The number of carboxylic acids is 1. The van der Waals surface area contributed by atoms with E-state index < -0.39 is 53.8 Å². The van der Waals surface area contributed by atoms with Crippen LogP contribution in [0.3, 0.4) is 0 Å². The first-order chi connectivity index (χ1) is 16.3. The van der Waals surface area contributed by atoms with Crippen LogP contribution in [-0.4, -0.2) is 64.0 Å². The Hall–Kier alpha value is -3.67. The fraction of sp³-hybridized carbons (Fsp3) is 0.522. The van der Waals surface area contributed by atoms with Gasteiger partial charge in [-0.1, -0.05) is 32.4 Å². The van der Waals surface area contributed by atoms with Crippen molar-refractivity contribution in [2.45, 2.75) is 70.6 Å². The third-order valence-electron chi connectivity index (χ3n) is 5.51. The van der Waals surface area contributed by atoms with Crippen molar-refractivity contribution >= 4 is 29.6 Å². The van der Waals surface area contributed by atoms with Crippen LogP contribution in [-0.2, 0) is 30.4 Å². The first-order valence-electron chi connectivity index (χ1n) is 11.3. The number of benzene rings is 1. The largest absolute Gasteiger partial charge is 0.508 e. The SMILES string of the molecule is CCC(C)C(NC(=O)C(C)N)C(=O)NC(Cc1ccc(O)cc1)C(=O)NC(CCC(N)=O)C(=O)O. The van der Waals surface area contributed by atoms with Gasteiger partial charge in [-0.2, -0.15) is 0 Å². The zero-order valence-corrected chi connectivity index (χ0v) is 20.1. The van der Waals surface area contributed by atoms with E-state index >= 15 is 0 Å². The summed E-state index contributed by atoms with van der Waals surface area (Å²) in [5.74, 6) is -4.36. The van der Waals surface area contributed by atoms with E-state index in [1.54, 1.807) is 19.1 Å². The highest BCUT2D eigenvalue weighted by Gasteiger charge is 2.32. The van der Waals surface area contributed by atoms with E-state index in [1.807, 2.05) is 6.92 Å². The van der Waals surface area contributed by atoms with Gasteiger partial charge in [-0.3, -0.25) is 19.2 Å². The Kier molecular flexibility index (Phi) is 11.7. The molecule has 1 aromatic carbocycles. The molecule has 194 valence electrons. The minimum absolute atomic E-state index is 0.00614. The number of rotatable bonds is 14. The molecule has 0 aliphatic rings. The molecule has 1 aromatic rings. The molecule has 0 bridgehead atoms. The van der Waals surface area contributed by atoms with Crippen molar-refractivity contribution in [2.75, 3.05) is 0 Å². The van der Waals surface area contributed by atoms with Gasteiger partial charge in [0.1, 0.15) is 23.9 Å². The van der Waals surface area contributed by atoms with Gasteiger partial charge in [-0.15, -0.1) is 0 Å². The van der Waals surface area contributed by atoms with Crippen LogP contribution in [0.4, 0.5) is 0 Å². The lowest BCUT2D eigenvalue weighted by Gasteiger charge is -2.27. The lowest BCUT2D eigenvalue weighted by atomic mass is 9.96. The Morgan fingerprint density at radius 2 is 1.49 bits per heavy atom. The van der Waals surface area contributed by atoms with E-state index in [1.165, 1.54) is 19.1 Å². The first-order valence-corrected chi connectivity index (χ1v) is 11.3. The molecule has 0 heterocycles. The maximum atomic E-state index is 13.1. The van der Waals surface area contributed by atoms with Gasteiger partial charge >= 0.3 is 5.97 Å². The van der Waals surface area contributed by atoms with Gasteiger partial charge in [0.2, 0.25) is 23.6 Å². The third kappa shape index (κ3) is 10.0. The highest BCUT2D eigenvalue weighted by Crippen LogP contribution is 2.13. The number of hydrogen-bond acceptors (Lipinski definition) is 7. The van der Waals surface area contributed by atoms with Crippen molar-refractivity contribution in [3.05, 3.63) is 29.8 Å². The van der Waals surface area contributed by atoms with Crippen LogP contribution < -0.4 is 27.4 Å². The highest BCUT2D eigenvalue weighted by atomic mass is 16.4. The van der Waals surface area contributed by atoms with Crippen molar-refractivity contribution in [3.63, 3.8) is 0 Å². The Labute approximate surface area is 203 Å². The number of carboxylic acid groups (broad SMARTS) is 1. The maximum Gasteiger partial charge on any atom is 0.326 e. The van der Waals surface area contributed by atoms with E-state index in [2.05, 4.69) is 16.0 Å². The van der Waals surface area contributed by atoms with Crippen molar-refractivity contribution in [3.8, 4) is 5.75 Å². The molecule has 0 aliphatic heterocycles. The zero-order valence-electron chi connectivity index (χ0n) is 20.1. The Balaban J connectivity index is 3.17. The average Bonchev–Trinajstić information content (AvgIpc) is 2.79. The van der Waals surface area contributed by atoms with Crippen molar-refractivity contribution in [1.82, 2.24) is 16.0 Å². The van der Waals surface area contributed by atoms with E-state index in [0.717, 1.165) is 0 Å². The molecule has 35 heavy (non-hydrogen) atoms. The molecular weight excluding hydrogens is 458 g/mol. The topological polar surface area (TPSA) is 214 Å². The highest BCUT2D eigenvalue weighted by molar-refractivity contribution is 5.94. The minimum Gasteiger partial charge on any atom is -0.508 e. The molecule has 9 N–H and O–H groups in total. The second-order valence-electron chi connectivity index (χ2n) is 8.50. The number of amides is 4. The number of hydrogen-bond donors (Lipinski definition) is 7. The maximum absolute atomic E-state index is 13.1. The summed E-state index contributed by atoms with van der Waals surface area (Å²) in [5, 5.41) is 26.5. The van der Waals surface area contributed by atoms with Crippen molar-refractivity contribution in [2.24, 2.45) is 17.4 Å². The molecule has 12 heteroatoms. The van der Waals surface area contributed by atoms with Gasteiger partial charge in [0.15, 0.2) is 0 Å². The summed E-state index contributed by atoms with van der Waals surface area (Å²) in [6.07, 6.45) is 0.0245. The molecular formula is C23H35N5O7. The number of phenolic OH excluding ortho intramolecular Hbond substituents is 1. The number of carbonyl (C=O) groups is 5. The molecule has 5 atom stereocenters. The molecule has 5 unspecified atom stereocenters. The van der Waals surface area contributed by atoms with Gasteiger partial charge in [0.25, 0.3) is 0 Å². The van der Waals surface area contributed by atoms with Gasteiger partial charge in [-0.05, 0) is 37.0 Å². The normalized spacial score (nSPS) is 15.1. The van der Waals surface area contributed by atoms with E-state index in [0.29, 0.717) is 12.0 Å². The number of primary amides is 1. The molecule has 1 rings (SSSR count). The fourth-order valence-corrected chi connectivity index (χ4v) is 3.14. The van der Waals surface area contributed by atoms with Crippen LogP contribution >= 0.6 is 0 Å². The molecule has 0 saturated heterocycles. The first kappa shape index (κ1) is 29.4. The number of phenols is 1. The van der Waals surface area contributed by atoms with Crippen LogP contribution in [0.2, 0.25) is 0 Å². The van der Waals surface area contributed by atoms with Gasteiger partial charge in [0, 0.05) is 12.8 Å². The lowest BCUT2D eigenvalue weighted by Crippen LogP contribution is -2.58. The molecule has 0 radical (unpaired) electrons. The van der Waals surface area contributed by atoms with Crippen LogP contribution in [0.1, 0.15) is 45.6 Å². The third-order valence-corrected chi connectivity index (χ3v) is 5.51. The van der Waals surface area contributed by atoms with Gasteiger partial charge in [-0.25, -0.2) is 4.79 Å². The summed E-state index contributed by atoms with van der Waals surface area (Å²) < 4.78 is 0. The number of aromatic hydroxyl groups is 1. The minimum atomic E-state index is -1.41. The van der Waals surface area contributed by atoms with Crippen LogP contribution in [0.15, 0.2) is 24.3 Å². The van der Waals surface area contributed by atoms with E-state index in [-0.39, 0.29) is 30.9 Å². The molecule has 0 fully saturated rings. The number of nitrogens with one attached hydrogen (secondary N) is 3. The van der Waals surface area contributed by atoms with Crippen molar-refractivity contribution < 1.29 is 34.2 Å². The van der Waals surface area contributed by atoms with Gasteiger partial charge in [0.05, 0.1) is 6.04 Å². The molecule has 0 saturated carbocycles. The molecule has 0 aromatic heterocycles. The van der Waals surface area contributed by atoms with E-state index in [4.69, 9.17) is 11.5 Å². The molecule has 4 amide bonds. The number of carbonyl (C=O) groups excluding carboxylic acids is 4. The molecule has 12 nitrogen and oxygen atoms in total. The van der Waals surface area contributed by atoms with Crippen LogP contribution in [0, 0.1) is 5.92 Å². The Morgan fingerprint density at radius 1 is 0.914 bits per heavy atom. The predicted molar refractivity (Wildman–Crippen MR) is 127 cm³/mol. The Morgan fingerprint density at radius 3 is 1.97 bits per heavy atom. The lowest BCUT2D eigenvalue weighted by molar-refractivity contribution is -0.142. The summed E-state index contributed by atoms with van der Waals surface area (Å²) in [6.45, 7) is 5.06. The van der Waals surface area contributed by atoms with E-state index in [9.17, 15) is 34.2 Å². The monoisotopic (exact) mass is 493 g/mol. The summed E-state index contributed by atoms with van der Waals surface area (Å²) in [7, 11) is 0. The molecule has 0 spiro atoms. The second-order valence-corrected chi connectivity index (χ2v) is 8.50. The number of nitrogens with two attached hydrogens (primary N) is 2. The second kappa shape index (κ2) is 13.9. The summed E-state index contributed by atoms with van der Waals surface area (Å²) in [4.78, 5) is 60.9. The van der Waals surface area contributed by atoms with Crippen molar-refractivity contribution in [1.29, 1.82) is 0 Å². The quantitative estimate of drug-likeness (QED) is 0.172. The summed E-state index contributed by atoms with van der Waals surface area (Å²) >= 11 is 0. The summed E-state index contributed by atoms with van der Waals surface area (Å²) in [5.41, 5.74) is 11.3. The van der Waals surface area contributed by atoms with Gasteiger partial charge < -0.3 is 37.6 Å². The summed E-state index contributed by atoms with van der Waals surface area (Å²) in [6, 6.07) is 1.44. The zero-order chi connectivity index (χ0) is 26.7. The van der Waals surface area contributed by atoms with Crippen LogP contribution in [0.25, 0.3) is 0 Å². The smallest absolute Gasteiger partial charge is 0.326 e.